The molecule has 0 saturated carbocycles. The maximum absolute atomic E-state index is 13.2. The number of carbonyl (C=O) groups excluding carboxylic acids is 1. The van der Waals surface area contributed by atoms with E-state index in [1.807, 2.05) is 36.9 Å². The molecule has 3 aromatic rings. The smallest absolute Gasteiger partial charge is 0.239 e. The fraction of sp³-hybridized carbons (Fsp3) is 0.444. The first-order valence-electron chi connectivity index (χ1n) is 11.8. The summed E-state index contributed by atoms with van der Waals surface area (Å²) in [6.07, 6.45) is 1.92. The van der Waals surface area contributed by atoms with E-state index in [0.29, 0.717) is 18.0 Å². The Bertz CT molecular complexity index is 1210. The van der Waals surface area contributed by atoms with E-state index in [-0.39, 0.29) is 11.9 Å². The predicted molar refractivity (Wildman–Crippen MR) is 140 cm³/mol. The van der Waals surface area contributed by atoms with Crippen LogP contribution in [0.15, 0.2) is 34.8 Å². The molecule has 7 heteroatoms. The summed E-state index contributed by atoms with van der Waals surface area (Å²) in [5.41, 5.74) is 1.15. The summed E-state index contributed by atoms with van der Waals surface area (Å²) in [5, 5.41) is 4.31. The van der Waals surface area contributed by atoms with E-state index >= 15 is 0 Å². The first-order valence-corrected chi connectivity index (χ1v) is 12.6. The molecule has 1 fully saturated rings. The Kier molecular flexibility index (Phi) is 7.53. The molecule has 1 atom stereocenters. The summed E-state index contributed by atoms with van der Waals surface area (Å²) in [6, 6.07) is 10.1. The minimum absolute atomic E-state index is 0.0893. The summed E-state index contributed by atoms with van der Waals surface area (Å²) in [7, 11) is 4.98. The molecule has 34 heavy (non-hydrogen) atoms. The molecule has 0 spiro atoms. The van der Waals surface area contributed by atoms with Crippen molar-refractivity contribution in [1.82, 2.24) is 9.80 Å². The van der Waals surface area contributed by atoms with Crippen molar-refractivity contribution in [2.75, 3.05) is 41.0 Å². The molecule has 0 aliphatic carbocycles. The molecule has 4 rings (SSSR count). The van der Waals surface area contributed by atoms with Gasteiger partial charge in [-0.1, -0.05) is 0 Å². The van der Waals surface area contributed by atoms with Crippen LogP contribution in [0.1, 0.15) is 32.3 Å². The van der Waals surface area contributed by atoms with E-state index in [9.17, 15) is 4.79 Å². The standard InChI is InChI=1S/C27H33BrN2O4/c1-6-29(7-2)27(31)23-9-8-12-30(23)16-22-21-15-25(34-5)24(33-4)14-20(21)19-13-17(32-3)10-11-18(19)26(22)28/h10-11,13-15,23H,6-9,12,16H2,1-5H3/t23-/m1/s1. The normalized spacial score (nSPS) is 16.2. The summed E-state index contributed by atoms with van der Waals surface area (Å²) in [4.78, 5) is 17.5. The molecule has 1 saturated heterocycles. The van der Waals surface area contributed by atoms with Crippen molar-refractivity contribution in [3.63, 3.8) is 0 Å². The molecule has 1 amide bonds. The Labute approximate surface area is 209 Å². The minimum Gasteiger partial charge on any atom is -0.497 e. The number of ether oxygens (including phenoxy) is 3. The molecule has 0 radical (unpaired) electrons. The highest BCUT2D eigenvalue weighted by Crippen LogP contribution is 2.43. The molecule has 0 N–H and O–H groups in total. The molecular formula is C27H33BrN2O4. The lowest BCUT2D eigenvalue weighted by atomic mass is 9.95. The highest BCUT2D eigenvalue weighted by atomic mass is 79.9. The largest absolute Gasteiger partial charge is 0.497 e. The van der Waals surface area contributed by atoms with E-state index in [0.717, 1.165) is 69.8 Å². The van der Waals surface area contributed by atoms with Gasteiger partial charge in [0.2, 0.25) is 5.91 Å². The molecule has 0 aromatic heterocycles. The molecule has 1 aliphatic rings. The van der Waals surface area contributed by atoms with Crippen LogP contribution in [0.3, 0.4) is 0 Å². The highest BCUT2D eigenvalue weighted by Gasteiger charge is 2.33. The van der Waals surface area contributed by atoms with Gasteiger partial charge in [-0.15, -0.1) is 0 Å². The number of carbonyl (C=O) groups is 1. The highest BCUT2D eigenvalue weighted by molar-refractivity contribution is 9.10. The van der Waals surface area contributed by atoms with Crippen molar-refractivity contribution < 1.29 is 19.0 Å². The zero-order valence-electron chi connectivity index (χ0n) is 20.6. The summed E-state index contributed by atoms with van der Waals surface area (Å²) in [6.45, 7) is 7.14. The van der Waals surface area contributed by atoms with Crippen LogP contribution in [-0.4, -0.2) is 62.7 Å². The zero-order valence-corrected chi connectivity index (χ0v) is 22.2. The van der Waals surface area contributed by atoms with E-state index in [1.54, 1.807) is 21.3 Å². The molecule has 1 heterocycles. The van der Waals surface area contributed by atoms with Crippen LogP contribution in [0.25, 0.3) is 21.5 Å². The van der Waals surface area contributed by atoms with Crippen LogP contribution in [0.5, 0.6) is 17.2 Å². The van der Waals surface area contributed by atoms with E-state index in [1.165, 1.54) is 0 Å². The van der Waals surface area contributed by atoms with Gasteiger partial charge in [0.1, 0.15) is 5.75 Å². The third kappa shape index (κ3) is 4.31. The lowest BCUT2D eigenvalue weighted by molar-refractivity contribution is -0.135. The molecular weight excluding hydrogens is 496 g/mol. The van der Waals surface area contributed by atoms with E-state index in [2.05, 4.69) is 33.0 Å². The number of likely N-dealkylation sites (tertiary alicyclic amines) is 1. The van der Waals surface area contributed by atoms with Gasteiger partial charge in [-0.05, 0) is 107 Å². The quantitative estimate of drug-likeness (QED) is 0.355. The second kappa shape index (κ2) is 10.4. The van der Waals surface area contributed by atoms with E-state index < -0.39 is 0 Å². The summed E-state index contributed by atoms with van der Waals surface area (Å²) >= 11 is 3.92. The van der Waals surface area contributed by atoms with Crippen LogP contribution in [0.4, 0.5) is 0 Å². The van der Waals surface area contributed by atoms with Crippen LogP contribution < -0.4 is 14.2 Å². The Morgan fingerprint density at radius 2 is 1.62 bits per heavy atom. The van der Waals surface area contributed by atoms with Crippen LogP contribution in [0.2, 0.25) is 0 Å². The van der Waals surface area contributed by atoms with Crippen molar-refractivity contribution in [1.29, 1.82) is 0 Å². The van der Waals surface area contributed by atoms with Gasteiger partial charge in [0.15, 0.2) is 11.5 Å². The Morgan fingerprint density at radius 3 is 2.24 bits per heavy atom. The maximum Gasteiger partial charge on any atom is 0.239 e. The summed E-state index contributed by atoms with van der Waals surface area (Å²) < 4.78 is 17.8. The van der Waals surface area contributed by atoms with Gasteiger partial charge in [0.25, 0.3) is 0 Å². The zero-order chi connectivity index (χ0) is 24.4. The fourth-order valence-electron chi connectivity index (χ4n) is 5.10. The van der Waals surface area contributed by atoms with Crippen molar-refractivity contribution in [3.8, 4) is 17.2 Å². The second-order valence-corrected chi connectivity index (χ2v) is 9.39. The Hall–Kier alpha value is -2.51. The lowest BCUT2D eigenvalue weighted by Crippen LogP contribution is -2.45. The molecule has 1 aliphatic heterocycles. The number of nitrogens with zero attached hydrogens (tertiary/aromatic N) is 2. The minimum atomic E-state index is -0.0893. The second-order valence-electron chi connectivity index (χ2n) is 8.60. The SMILES string of the molecule is CCN(CC)C(=O)[C@H]1CCCN1Cc1c(Br)c2ccc(OC)cc2c2cc(OC)c(OC)cc12. The molecule has 182 valence electrons. The lowest BCUT2D eigenvalue weighted by Gasteiger charge is -2.30. The van der Waals surface area contributed by atoms with Gasteiger partial charge in [-0.25, -0.2) is 0 Å². The van der Waals surface area contributed by atoms with Gasteiger partial charge in [0, 0.05) is 24.1 Å². The van der Waals surface area contributed by atoms with Gasteiger partial charge < -0.3 is 19.1 Å². The molecule has 6 nitrogen and oxygen atoms in total. The average molecular weight is 529 g/mol. The topological polar surface area (TPSA) is 51.2 Å². The average Bonchev–Trinajstić information content (AvgIpc) is 3.34. The summed E-state index contributed by atoms with van der Waals surface area (Å²) in [5.74, 6) is 2.39. The Balaban J connectivity index is 1.89. The number of hydrogen-bond acceptors (Lipinski definition) is 5. The molecule has 0 bridgehead atoms. The number of rotatable bonds is 8. The van der Waals surface area contributed by atoms with Crippen molar-refractivity contribution in [2.45, 2.75) is 39.3 Å². The van der Waals surface area contributed by atoms with Gasteiger partial charge >= 0.3 is 0 Å². The van der Waals surface area contributed by atoms with Crippen molar-refractivity contribution >= 4 is 43.4 Å². The predicted octanol–water partition coefficient (Wildman–Crippen LogP) is 5.61. The number of fused-ring (bicyclic) bond motifs is 3. The first kappa shape index (κ1) is 24.6. The number of methoxy groups -OCH3 is 3. The number of benzene rings is 3. The number of hydrogen-bond donors (Lipinski definition) is 0. The fourth-order valence-corrected chi connectivity index (χ4v) is 5.78. The van der Waals surface area contributed by atoms with Crippen LogP contribution in [0, 0.1) is 0 Å². The number of amides is 1. The van der Waals surface area contributed by atoms with Crippen LogP contribution in [-0.2, 0) is 11.3 Å². The molecule has 3 aromatic carbocycles. The third-order valence-electron chi connectivity index (χ3n) is 6.95. The van der Waals surface area contributed by atoms with E-state index in [4.69, 9.17) is 14.2 Å². The first-order chi connectivity index (χ1) is 16.5. The monoisotopic (exact) mass is 528 g/mol. The number of likely N-dealkylation sites (N-methyl/N-ethyl adjacent to an activating group) is 1. The maximum atomic E-state index is 13.2. The van der Waals surface area contributed by atoms with Gasteiger partial charge in [-0.2, -0.15) is 0 Å². The Morgan fingerprint density at radius 1 is 0.971 bits per heavy atom. The van der Waals surface area contributed by atoms with Crippen molar-refractivity contribution in [3.05, 3.63) is 40.4 Å². The van der Waals surface area contributed by atoms with Gasteiger partial charge in [-0.3, -0.25) is 9.69 Å². The van der Waals surface area contributed by atoms with Crippen molar-refractivity contribution in [2.24, 2.45) is 0 Å². The van der Waals surface area contributed by atoms with Gasteiger partial charge in [0.05, 0.1) is 27.4 Å². The third-order valence-corrected chi connectivity index (χ3v) is 7.86. The van der Waals surface area contributed by atoms with Crippen LogP contribution >= 0.6 is 15.9 Å². The molecule has 0 unspecified atom stereocenters. The number of halogens is 1.